The number of carbonyl (C=O) groups excluding carboxylic acids is 1. The van der Waals surface area contributed by atoms with Gasteiger partial charge in [0.1, 0.15) is 5.75 Å². The number of thioether (sulfide) groups is 1. The first-order valence-electron chi connectivity index (χ1n) is 6.28. The molecule has 0 heterocycles. The third-order valence-corrected chi connectivity index (χ3v) is 3.58. The second-order valence-corrected chi connectivity index (χ2v) is 5.35. The Morgan fingerprint density at radius 1 is 1.47 bits per heavy atom. The van der Waals surface area contributed by atoms with Crippen LogP contribution in [0.1, 0.15) is 24.9 Å². The van der Waals surface area contributed by atoms with Gasteiger partial charge in [0.25, 0.3) is 0 Å². The third-order valence-electron chi connectivity index (χ3n) is 2.93. The van der Waals surface area contributed by atoms with Crippen molar-refractivity contribution in [2.75, 3.05) is 19.1 Å². The molecule has 0 saturated carbocycles. The predicted octanol–water partition coefficient (Wildman–Crippen LogP) is 1.95. The summed E-state index contributed by atoms with van der Waals surface area (Å²) in [6.07, 6.45) is 2.69. The van der Waals surface area contributed by atoms with E-state index in [9.17, 15) is 4.79 Å². The van der Waals surface area contributed by atoms with Crippen LogP contribution in [-0.4, -0.2) is 31.1 Å². The molecule has 0 aromatic heterocycles. The van der Waals surface area contributed by atoms with Gasteiger partial charge >= 0.3 is 0 Å². The molecule has 0 aliphatic heterocycles. The zero-order valence-corrected chi connectivity index (χ0v) is 12.5. The number of hydrogen-bond acceptors (Lipinski definition) is 4. The van der Waals surface area contributed by atoms with Crippen LogP contribution in [0.15, 0.2) is 24.3 Å². The van der Waals surface area contributed by atoms with E-state index >= 15 is 0 Å². The fraction of sp³-hybridized carbons (Fsp3) is 0.500. The summed E-state index contributed by atoms with van der Waals surface area (Å²) in [5, 5.41) is 2.93. The molecule has 0 bridgehead atoms. The van der Waals surface area contributed by atoms with Gasteiger partial charge < -0.3 is 15.8 Å². The fourth-order valence-corrected chi connectivity index (χ4v) is 2.29. The molecule has 0 saturated heterocycles. The Hall–Kier alpha value is -1.20. The molecule has 19 heavy (non-hydrogen) atoms. The Bertz CT molecular complexity index is 412. The van der Waals surface area contributed by atoms with E-state index in [1.54, 1.807) is 18.9 Å². The summed E-state index contributed by atoms with van der Waals surface area (Å²) in [5.74, 6) is 1.54. The van der Waals surface area contributed by atoms with E-state index in [0.717, 1.165) is 17.1 Å². The first-order valence-corrected chi connectivity index (χ1v) is 7.67. The van der Waals surface area contributed by atoms with Crippen molar-refractivity contribution in [3.8, 4) is 5.75 Å². The maximum absolute atomic E-state index is 11.9. The Morgan fingerprint density at radius 3 is 2.79 bits per heavy atom. The van der Waals surface area contributed by atoms with Gasteiger partial charge in [-0.15, -0.1) is 0 Å². The lowest BCUT2D eigenvalue weighted by molar-refractivity contribution is -0.123. The van der Waals surface area contributed by atoms with Crippen LogP contribution in [0.5, 0.6) is 5.75 Å². The molecule has 1 aromatic rings. The molecule has 1 rings (SSSR count). The average molecular weight is 282 g/mol. The lowest BCUT2D eigenvalue weighted by atomic mass is 10.1. The second kappa shape index (κ2) is 8.07. The summed E-state index contributed by atoms with van der Waals surface area (Å²) < 4.78 is 5.29. The standard InChI is InChI=1S/C14H22N2O2S/c1-10(11-6-4-5-7-13(11)18-2)16-14(17)12(15)8-9-19-3/h4-7,10,12H,8-9,15H2,1-3H3,(H,16,17)/t10-,12+/m1/s1. The molecular formula is C14H22N2O2S. The summed E-state index contributed by atoms with van der Waals surface area (Å²) in [4.78, 5) is 11.9. The maximum Gasteiger partial charge on any atom is 0.237 e. The first-order chi connectivity index (χ1) is 9.10. The van der Waals surface area contributed by atoms with Gasteiger partial charge in [0.2, 0.25) is 5.91 Å². The molecule has 0 spiro atoms. The summed E-state index contributed by atoms with van der Waals surface area (Å²) in [7, 11) is 1.62. The van der Waals surface area contributed by atoms with E-state index in [1.165, 1.54) is 0 Å². The van der Waals surface area contributed by atoms with Gasteiger partial charge in [0, 0.05) is 5.56 Å². The number of nitrogens with one attached hydrogen (secondary N) is 1. The minimum absolute atomic E-state index is 0.118. The van der Waals surface area contributed by atoms with Gasteiger partial charge in [-0.05, 0) is 31.4 Å². The SMILES string of the molecule is COc1ccccc1[C@@H](C)NC(=O)[C@@H](N)CCSC. The summed E-state index contributed by atoms with van der Waals surface area (Å²) in [5.41, 5.74) is 6.80. The number of nitrogens with two attached hydrogens (primary N) is 1. The number of methoxy groups -OCH3 is 1. The number of amides is 1. The van der Waals surface area contributed by atoms with Gasteiger partial charge in [-0.25, -0.2) is 0 Å². The van der Waals surface area contributed by atoms with Crippen LogP contribution in [0.3, 0.4) is 0 Å². The molecule has 0 fully saturated rings. The first kappa shape index (κ1) is 15.9. The Balaban J connectivity index is 2.63. The molecule has 0 aliphatic rings. The van der Waals surface area contributed by atoms with Crippen molar-refractivity contribution in [3.05, 3.63) is 29.8 Å². The zero-order chi connectivity index (χ0) is 14.3. The molecule has 0 unspecified atom stereocenters. The molecule has 2 atom stereocenters. The van der Waals surface area contributed by atoms with E-state index in [2.05, 4.69) is 5.32 Å². The van der Waals surface area contributed by atoms with E-state index in [0.29, 0.717) is 6.42 Å². The minimum Gasteiger partial charge on any atom is -0.496 e. The van der Waals surface area contributed by atoms with Crippen LogP contribution >= 0.6 is 11.8 Å². The molecule has 1 aromatic carbocycles. The van der Waals surface area contributed by atoms with E-state index < -0.39 is 6.04 Å². The summed E-state index contributed by atoms with van der Waals surface area (Å²) in [6.45, 7) is 1.93. The third kappa shape index (κ3) is 4.76. The molecule has 106 valence electrons. The monoisotopic (exact) mass is 282 g/mol. The van der Waals surface area contributed by atoms with Crippen LogP contribution < -0.4 is 15.8 Å². The van der Waals surface area contributed by atoms with Gasteiger partial charge in [0.15, 0.2) is 0 Å². The van der Waals surface area contributed by atoms with Crippen molar-refractivity contribution in [2.45, 2.75) is 25.4 Å². The normalized spacial score (nSPS) is 13.7. The average Bonchev–Trinajstić information content (AvgIpc) is 2.44. The molecule has 0 aliphatic carbocycles. The van der Waals surface area contributed by atoms with Crippen molar-refractivity contribution >= 4 is 17.7 Å². The molecular weight excluding hydrogens is 260 g/mol. The largest absolute Gasteiger partial charge is 0.496 e. The lowest BCUT2D eigenvalue weighted by Gasteiger charge is -2.19. The van der Waals surface area contributed by atoms with Crippen LogP contribution in [0.25, 0.3) is 0 Å². The topological polar surface area (TPSA) is 64.3 Å². The van der Waals surface area contributed by atoms with Crippen molar-refractivity contribution in [2.24, 2.45) is 5.73 Å². The second-order valence-electron chi connectivity index (χ2n) is 4.36. The predicted molar refractivity (Wildman–Crippen MR) is 80.5 cm³/mol. The Kier molecular flexibility index (Phi) is 6.73. The highest BCUT2D eigenvalue weighted by Gasteiger charge is 2.18. The Morgan fingerprint density at radius 2 is 2.16 bits per heavy atom. The van der Waals surface area contributed by atoms with Crippen LogP contribution in [0.4, 0.5) is 0 Å². The molecule has 3 N–H and O–H groups in total. The quantitative estimate of drug-likeness (QED) is 0.802. The van der Waals surface area contributed by atoms with E-state index in [-0.39, 0.29) is 11.9 Å². The molecule has 4 nitrogen and oxygen atoms in total. The van der Waals surface area contributed by atoms with Gasteiger partial charge in [-0.3, -0.25) is 4.79 Å². The smallest absolute Gasteiger partial charge is 0.237 e. The van der Waals surface area contributed by atoms with Crippen molar-refractivity contribution in [3.63, 3.8) is 0 Å². The summed E-state index contributed by atoms with van der Waals surface area (Å²) in [6, 6.07) is 7.08. The molecule has 0 radical (unpaired) electrons. The highest BCUT2D eigenvalue weighted by Crippen LogP contribution is 2.24. The van der Waals surface area contributed by atoms with Gasteiger partial charge in [-0.1, -0.05) is 18.2 Å². The highest BCUT2D eigenvalue weighted by molar-refractivity contribution is 7.98. The summed E-state index contributed by atoms with van der Waals surface area (Å²) >= 11 is 1.69. The molecule has 1 amide bonds. The fourth-order valence-electron chi connectivity index (χ4n) is 1.80. The van der Waals surface area contributed by atoms with Crippen LogP contribution in [0, 0.1) is 0 Å². The number of ether oxygens (including phenoxy) is 1. The maximum atomic E-state index is 11.9. The lowest BCUT2D eigenvalue weighted by Crippen LogP contribution is -2.42. The van der Waals surface area contributed by atoms with Crippen molar-refractivity contribution < 1.29 is 9.53 Å². The number of para-hydroxylation sites is 1. The van der Waals surface area contributed by atoms with Crippen molar-refractivity contribution in [1.82, 2.24) is 5.32 Å². The van der Waals surface area contributed by atoms with Crippen molar-refractivity contribution in [1.29, 1.82) is 0 Å². The van der Waals surface area contributed by atoms with Crippen LogP contribution in [0.2, 0.25) is 0 Å². The number of carbonyl (C=O) groups is 1. The van der Waals surface area contributed by atoms with Crippen LogP contribution in [-0.2, 0) is 4.79 Å². The minimum atomic E-state index is -0.454. The van der Waals surface area contributed by atoms with Gasteiger partial charge in [0.05, 0.1) is 19.2 Å². The van der Waals surface area contributed by atoms with Gasteiger partial charge in [-0.2, -0.15) is 11.8 Å². The number of benzene rings is 1. The number of hydrogen-bond donors (Lipinski definition) is 2. The van der Waals surface area contributed by atoms with E-state index in [1.807, 2.05) is 37.4 Å². The molecule has 5 heteroatoms. The van der Waals surface area contributed by atoms with E-state index in [4.69, 9.17) is 10.5 Å². The number of rotatable bonds is 7. The Labute approximate surface area is 119 Å². The highest BCUT2D eigenvalue weighted by atomic mass is 32.2. The zero-order valence-electron chi connectivity index (χ0n) is 11.7.